The molecule has 5 nitrogen and oxygen atoms in total. The van der Waals surface area contributed by atoms with Gasteiger partial charge in [-0.05, 0) is 36.6 Å². The van der Waals surface area contributed by atoms with Gasteiger partial charge in [-0.15, -0.1) is 0 Å². The molecule has 1 aliphatic rings. The normalized spacial score (nSPS) is 14.1. The summed E-state index contributed by atoms with van der Waals surface area (Å²) in [7, 11) is 1.89. The average molecular weight is 306 g/mol. The summed E-state index contributed by atoms with van der Waals surface area (Å²) in [4.78, 5) is 17.6. The molecule has 6 heteroatoms. The number of rotatable bonds is 3. The third-order valence-electron chi connectivity index (χ3n) is 3.90. The van der Waals surface area contributed by atoms with Gasteiger partial charge in [0.2, 0.25) is 0 Å². The molecule has 1 aromatic carbocycles. The Morgan fingerprint density at radius 2 is 2.29 bits per heavy atom. The molecule has 1 N–H and O–H groups in total. The summed E-state index contributed by atoms with van der Waals surface area (Å²) in [5.74, 6) is 0.0148. The van der Waals surface area contributed by atoms with Crippen molar-refractivity contribution in [2.45, 2.75) is 19.4 Å². The van der Waals surface area contributed by atoms with Crippen LogP contribution in [0.2, 0.25) is 5.15 Å². The second-order valence-electron chi connectivity index (χ2n) is 5.23. The minimum absolute atomic E-state index is 0.343. The highest BCUT2D eigenvalue weighted by molar-refractivity contribution is 6.29. The zero-order valence-corrected chi connectivity index (χ0v) is 12.5. The maximum Gasteiger partial charge on any atom is 0.335 e. The number of aryl methyl sites for hydroxylation is 1. The van der Waals surface area contributed by atoms with Crippen LogP contribution in [-0.2, 0) is 20.0 Å². The minimum Gasteiger partial charge on any atom is -0.478 e. The van der Waals surface area contributed by atoms with Crippen molar-refractivity contribution in [3.05, 3.63) is 46.5 Å². The molecule has 21 heavy (non-hydrogen) atoms. The van der Waals surface area contributed by atoms with E-state index in [9.17, 15) is 4.79 Å². The fourth-order valence-electron chi connectivity index (χ4n) is 2.71. The lowest BCUT2D eigenvalue weighted by Crippen LogP contribution is -2.30. The third kappa shape index (κ3) is 2.61. The van der Waals surface area contributed by atoms with Crippen LogP contribution in [0.5, 0.6) is 0 Å². The number of benzene rings is 1. The van der Waals surface area contributed by atoms with Gasteiger partial charge in [-0.2, -0.15) is 0 Å². The molecule has 0 fully saturated rings. The zero-order chi connectivity index (χ0) is 15.0. The van der Waals surface area contributed by atoms with E-state index in [4.69, 9.17) is 16.7 Å². The lowest BCUT2D eigenvalue weighted by Gasteiger charge is -2.31. The highest BCUT2D eigenvalue weighted by Crippen LogP contribution is 2.29. The fraction of sp³-hybridized carbons (Fsp3) is 0.333. The van der Waals surface area contributed by atoms with Crippen molar-refractivity contribution < 1.29 is 9.90 Å². The Kier molecular flexibility index (Phi) is 3.59. The van der Waals surface area contributed by atoms with Gasteiger partial charge in [0.25, 0.3) is 0 Å². The van der Waals surface area contributed by atoms with Gasteiger partial charge >= 0.3 is 5.97 Å². The van der Waals surface area contributed by atoms with E-state index in [1.807, 2.05) is 17.7 Å². The van der Waals surface area contributed by atoms with Gasteiger partial charge in [-0.1, -0.05) is 11.6 Å². The first-order valence-electron chi connectivity index (χ1n) is 6.83. The average Bonchev–Trinajstić information content (AvgIpc) is 2.79. The smallest absolute Gasteiger partial charge is 0.335 e. The Morgan fingerprint density at radius 3 is 2.95 bits per heavy atom. The van der Waals surface area contributed by atoms with Gasteiger partial charge in [-0.3, -0.25) is 0 Å². The van der Waals surface area contributed by atoms with Crippen LogP contribution in [0.4, 0.5) is 5.69 Å². The first kappa shape index (κ1) is 13.9. The number of carbonyl (C=O) groups is 1. The summed E-state index contributed by atoms with van der Waals surface area (Å²) in [5.41, 5.74) is 2.52. The molecule has 110 valence electrons. The molecule has 0 radical (unpaired) electrons. The number of carboxylic acids is 1. The van der Waals surface area contributed by atoms with E-state index in [1.54, 1.807) is 18.3 Å². The van der Waals surface area contributed by atoms with Crippen LogP contribution in [-0.4, -0.2) is 27.2 Å². The van der Waals surface area contributed by atoms with Crippen LogP contribution in [0.15, 0.2) is 24.4 Å². The van der Waals surface area contributed by atoms with E-state index >= 15 is 0 Å². The minimum atomic E-state index is -0.884. The molecule has 3 rings (SSSR count). The van der Waals surface area contributed by atoms with Crippen LogP contribution in [0.1, 0.15) is 28.2 Å². The molecule has 0 aliphatic carbocycles. The second kappa shape index (κ2) is 5.41. The highest BCUT2D eigenvalue weighted by Gasteiger charge is 2.20. The van der Waals surface area contributed by atoms with E-state index in [0.29, 0.717) is 17.3 Å². The Morgan fingerprint density at radius 1 is 1.48 bits per heavy atom. The van der Waals surface area contributed by atoms with Gasteiger partial charge in [0.15, 0.2) is 0 Å². The van der Waals surface area contributed by atoms with Gasteiger partial charge in [0.1, 0.15) is 11.0 Å². The summed E-state index contributed by atoms with van der Waals surface area (Å²) in [6.07, 6.45) is 3.57. The summed E-state index contributed by atoms with van der Waals surface area (Å²) >= 11 is 6.02. The lowest BCUT2D eigenvalue weighted by molar-refractivity contribution is 0.0697. The maximum atomic E-state index is 11.1. The number of aromatic nitrogens is 2. The molecule has 0 unspecified atom stereocenters. The van der Waals surface area contributed by atoms with Crippen molar-refractivity contribution in [1.29, 1.82) is 0 Å². The second-order valence-corrected chi connectivity index (χ2v) is 5.62. The van der Waals surface area contributed by atoms with Crippen molar-refractivity contribution >= 4 is 23.3 Å². The summed E-state index contributed by atoms with van der Waals surface area (Å²) in [6, 6.07) is 5.32. The Hall–Kier alpha value is -2.01. The van der Waals surface area contributed by atoms with Gasteiger partial charge in [-0.25, -0.2) is 9.78 Å². The van der Waals surface area contributed by atoms with E-state index < -0.39 is 5.97 Å². The summed E-state index contributed by atoms with van der Waals surface area (Å²) < 4.78 is 1.86. The predicted molar refractivity (Wildman–Crippen MR) is 81.0 cm³/mol. The van der Waals surface area contributed by atoms with Gasteiger partial charge in [0, 0.05) is 19.3 Å². The molecule has 0 bridgehead atoms. The van der Waals surface area contributed by atoms with Crippen molar-refractivity contribution in [3.8, 4) is 0 Å². The van der Waals surface area contributed by atoms with Crippen LogP contribution >= 0.6 is 11.6 Å². The van der Waals surface area contributed by atoms with E-state index in [0.717, 1.165) is 36.5 Å². The molecule has 0 saturated carbocycles. The van der Waals surface area contributed by atoms with Crippen molar-refractivity contribution in [3.63, 3.8) is 0 Å². The molecular weight excluding hydrogens is 290 g/mol. The van der Waals surface area contributed by atoms with Crippen LogP contribution < -0.4 is 4.90 Å². The largest absolute Gasteiger partial charge is 0.478 e. The monoisotopic (exact) mass is 305 g/mol. The van der Waals surface area contributed by atoms with Crippen LogP contribution in [0, 0.1) is 0 Å². The third-order valence-corrected chi connectivity index (χ3v) is 4.25. The van der Waals surface area contributed by atoms with E-state index in [2.05, 4.69) is 9.88 Å². The van der Waals surface area contributed by atoms with Crippen molar-refractivity contribution in [2.75, 3.05) is 11.4 Å². The van der Waals surface area contributed by atoms with Gasteiger partial charge < -0.3 is 14.6 Å². The quantitative estimate of drug-likeness (QED) is 0.947. The SMILES string of the molecule is Cn1c(Cl)cnc1CN1CCCc2cc(C(=O)O)ccc21. The Bertz CT molecular complexity index is 696. The molecule has 2 aromatic rings. The number of imidazole rings is 1. The lowest BCUT2D eigenvalue weighted by atomic mass is 9.99. The molecular formula is C15H16ClN3O2. The summed E-state index contributed by atoms with van der Waals surface area (Å²) in [6.45, 7) is 1.60. The van der Waals surface area contributed by atoms with Crippen LogP contribution in [0.3, 0.4) is 0 Å². The zero-order valence-electron chi connectivity index (χ0n) is 11.7. The van der Waals surface area contributed by atoms with E-state index in [1.165, 1.54) is 0 Å². The van der Waals surface area contributed by atoms with Crippen molar-refractivity contribution in [1.82, 2.24) is 9.55 Å². The molecule has 0 amide bonds. The molecule has 0 spiro atoms. The number of nitrogens with zero attached hydrogens (tertiary/aromatic N) is 3. The molecule has 2 heterocycles. The fourth-order valence-corrected chi connectivity index (χ4v) is 2.86. The number of carboxylic acid groups (broad SMARTS) is 1. The first-order valence-corrected chi connectivity index (χ1v) is 7.21. The number of hydrogen-bond donors (Lipinski definition) is 1. The van der Waals surface area contributed by atoms with Gasteiger partial charge in [0.05, 0.1) is 18.3 Å². The molecule has 1 aliphatic heterocycles. The molecule has 0 saturated heterocycles. The Labute approximate surface area is 127 Å². The highest BCUT2D eigenvalue weighted by atomic mass is 35.5. The number of halogens is 1. The van der Waals surface area contributed by atoms with E-state index in [-0.39, 0.29) is 0 Å². The first-order chi connectivity index (χ1) is 10.1. The maximum absolute atomic E-state index is 11.1. The predicted octanol–water partition coefficient (Wildman–Crippen LogP) is 2.72. The Balaban J connectivity index is 1.90. The number of fused-ring (bicyclic) bond motifs is 1. The van der Waals surface area contributed by atoms with Crippen molar-refractivity contribution in [2.24, 2.45) is 7.05 Å². The standard InChI is InChI=1S/C15H16ClN3O2/c1-18-13(16)8-17-14(18)9-19-6-2-3-10-7-11(15(20)21)4-5-12(10)19/h4-5,7-8H,2-3,6,9H2,1H3,(H,20,21). The topological polar surface area (TPSA) is 58.4 Å². The number of hydrogen-bond acceptors (Lipinski definition) is 3. The molecule has 0 atom stereocenters. The molecule has 1 aromatic heterocycles. The number of anilines is 1. The number of aromatic carboxylic acids is 1. The summed E-state index contributed by atoms with van der Waals surface area (Å²) in [5, 5.41) is 9.70. The van der Waals surface area contributed by atoms with Crippen LogP contribution in [0.25, 0.3) is 0 Å².